The first kappa shape index (κ1) is 16.5. The predicted molar refractivity (Wildman–Crippen MR) is 82.6 cm³/mol. The van der Waals surface area contributed by atoms with Gasteiger partial charge in [0.15, 0.2) is 5.78 Å². The van der Waals surface area contributed by atoms with Crippen molar-refractivity contribution in [1.29, 1.82) is 0 Å². The van der Waals surface area contributed by atoms with Gasteiger partial charge in [0.2, 0.25) is 0 Å². The van der Waals surface area contributed by atoms with Crippen LogP contribution in [0.4, 0.5) is 10.7 Å². The van der Waals surface area contributed by atoms with Gasteiger partial charge >= 0.3 is 5.97 Å². The van der Waals surface area contributed by atoms with Crippen LogP contribution in [-0.2, 0) is 4.74 Å². The van der Waals surface area contributed by atoms with E-state index >= 15 is 0 Å². The molecule has 112 valence electrons. The van der Waals surface area contributed by atoms with Gasteiger partial charge in [-0.3, -0.25) is 4.79 Å². The van der Waals surface area contributed by atoms with Gasteiger partial charge in [-0.2, -0.15) is 0 Å². The molecular formula is C14H22N2O3S. The highest BCUT2D eigenvalue weighted by atomic mass is 32.1. The van der Waals surface area contributed by atoms with Gasteiger partial charge in [0.05, 0.1) is 17.2 Å². The van der Waals surface area contributed by atoms with Crippen LogP contribution < -0.4 is 11.1 Å². The van der Waals surface area contributed by atoms with E-state index in [1.54, 1.807) is 6.92 Å². The topological polar surface area (TPSA) is 81.4 Å². The van der Waals surface area contributed by atoms with E-state index in [0.29, 0.717) is 15.8 Å². The molecule has 5 nitrogen and oxygen atoms in total. The lowest BCUT2D eigenvalue weighted by Crippen LogP contribution is -2.11. The number of nitrogens with one attached hydrogen (secondary N) is 1. The number of anilines is 2. The molecule has 0 spiro atoms. The Balaban J connectivity index is 3.03. The summed E-state index contributed by atoms with van der Waals surface area (Å²) in [5.74, 6) is -0.0751. The van der Waals surface area contributed by atoms with Crippen molar-refractivity contribution in [3.63, 3.8) is 0 Å². The zero-order valence-corrected chi connectivity index (χ0v) is 13.2. The number of nitrogens with two attached hydrogens (primary N) is 1. The standard InChI is InChI=1S/C14H22N2O3S/c1-5-19-14(18)10-11(15)12(9(4)17)20-13(10)16-7-6-8(2)3/h8,16H,5-7,15H2,1-4H3. The molecule has 1 aromatic rings. The number of esters is 1. The third kappa shape index (κ3) is 3.96. The van der Waals surface area contributed by atoms with E-state index < -0.39 is 5.97 Å². The van der Waals surface area contributed by atoms with E-state index in [4.69, 9.17) is 10.5 Å². The molecule has 0 aliphatic heterocycles. The van der Waals surface area contributed by atoms with E-state index in [-0.39, 0.29) is 23.6 Å². The van der Waals surface area contributed by atoms with Crippen molar-refractivity contribution in [2.45, 2.75) is 34.1 Å². The lowest BCUT2D eigenvalue weighted by Gasteiger charge is -2.09. The Morgan fingerprint density at radius 1 is 1.40 bits per heavy atom. The Labute approximate surface area is 123 Å². The van der Waals surface area contributed by atoms with Crippen LogP contribution in [-0.4, -0.2) is 24.9 Å². The van der Waals surface area contributed by atoms with Crippen molar-refractivity contribution >= 4 is 33.8 Å². The molecule has 1 rings (SSSR count). The number of carbonyl (C=O) groups excluding carboxylic acids is 2. The molecule has 6 heteroatoms. The Bertz CT molecular complexity index is 495. The Morgan fingerprint density at radius 2 is 2.05 bits per heavy atom. The summed E-state index contributed by atoms with van der Waals surface area (Å²) in [5, 5.41) is 3.80. The highest BCUT2D eigenvalue weighted by Crippen LogP contribution is 2.36. The number of carbonyl (C=O) groups is 2. The average molecular weight is 298 g/mol. The van der Waals surface area contributed by atoms with Crippen LogP contribution in [0.2, 0.25) is 0 Å². The van der Waals surface area contributed by atoms with Crippen molar-refractivity contribution in [3.8, 4) is 0 Å². The third-order valence-electron chi connectivity index (χ3n) is 2.75. The summed E-state index contributed by atoms with van der Waals surface area (Å²) >= 11 is 1.21. The minimum absolute atomic E-state index is 0.144. The summed E-state index contributed by atoms with van der Waals surface area (Å²) in [4.78, 5) is 23.9. The van der Waals surface area contributed by atoms with E-state index in [9.17, 15) is 9.59 Å². The van der Waals surface area contributed by atoms with Gasteiger partial charge in [0.1, 0.15) is 10.6 Å². The van der Waals surface area contributed by atoms with Crippen molar-refractivity contribution < 1.29 is 14.3 Å². The summed E-state index contributed by atoms with van der Waals surface area (Å²) < 4.78 is 5.01. The minimum atomic E-state index is -0.485. The smallest absolute Gasteiger partial charge is 0.343 e. The first-order valence-corrected chi connectivity index (χ1v) is 7.54. The number of ketones is 1. The maximum Gasteiger partial charge on any atom is 0.343 e. The van der Waals surface area contributed by atoms with Gasteiger partial charge in [0, 0.05) is 13.5 Å². The molecule has 0 fully saturated rings. The zero-order valence-electron chi connectivity index (χ0n) is 12.4. The quantitative estimate of drug-likeness (QED) is 0.597. The molecule has 0 atom stereocenters. The second kappa shape index (κ2) is 7.28. The molecule has 0 radical (unpaired) electrons. The minimum Gasteiger partial charge on any atom is -0.462 e. The van der Waals surface area contributed by atoms with Crippen molar-refractivity contribution in [2.75, 3.05) is 24.2 Å². The SMILES string of the molecule is CCOC(=O)c1c(NCCC(C)C)sc(C(C)=O)c1N. The summed E-state index contributed by atoms with van der Waals surface area (Å²) in [6.07, 6.45) is 0.968. The zero-order chi connectivity index (χ0) is 15.3. The molecule has 0 aromatic carbocycles. The molecule has 3 N–H and O–H groups in total. The molecule has 0 aliphatic rings. The number of Topliss-reactive ketones (excluding diaryl/α,β-unsaturated/α-hetero) is 1. The van der Waals surface area contributed by atoms with Crippen LogP contribution >= 0.6 is 11.3 Å². The average Bonchev–Trinajstić information content (AvgIpc) is 2.66. The second-order valence-corrected chi connectivity index (χ2v) is 5.96. The highest BCUT2D eigenvalue weighted by Gasteiger charge is 2.24. The number of rotatable bonds is 7. The van der Waals surface area contributed by atoms with Gasteiger partial charge in [0.25, 0.3) is 0 Å². The highest BCUT2D eigenvalue weighted by molar-refractivity contribution is 7.19. The molecule has 0 bridgehead atoms. The molecule has 0 saturated heterocycles. The molecule has 0 aliphatic carbocycles. The van der Waals surface area contributed by atoms with Crippen LogP contribution in [0.3, 0.4) is 0 Å². The number of hydrogen-bond acceptors (Lipinski definition) is 6. The maximum atomic E-state index is 12.0. The first-order chi connectivity index (χ1) is 9.38. The number of ether oxygens (including phenoxy) is 1. The van der Waals surface area contributed by atoms with Gasteiger partial charge in [-0.25, -0.2) is 4.79 Å². The normalized spacial score (nSPS) is 10.7. The first-order valence-electron chi connectivity index (χ1n) is 6.72. The van der Waals surface area contributed by atoms with Crippen molar-refractivity contribution in [2.24, 2.45) is 5.92 Å². The fraction of sp³-hybridized carbons (Fsp3) is 0.571. The number of nitrogen functional groups attached to an aromatic ring is 1. The molecule has 20 heavy (non-hydrogen) atoms. The van der Waals surface area contributed by atoms with Crippen LogP contribution in [0.15, 0.2) is 0 Å². The Morgan fingerprint density at radius 3 is 2.55 bits per heavy atom. The second-order valence-electron chi connectivity index (χ2n) is 4.93. The summed E-state index contributed by atoms with van der Waals surface area (Å²) in [6, 6.07) is 0. The van der Waals surface area contributed by atoms with E-state index in [1.807, 2.05) is 0 Å². The number of hydrogen-bond donors (Lipinski definition) is 2. The van der Waals surface area contributed by atoms with E-state index in [1.165, 1.54) is 18.3 Å². The summed E-state index contributed by atoms with van der Waals surface area (Å²) in [7, 11) is 0. The van der Waals surface area contributed by atoms with Gasteiger partial charge in [-0.05, 0) is 19.3 Å². The Hall–Kier alpha value is -1.56. The molecular weight excluding hydrogens is 276 g/mol. The summed E-state index contributed by atoms with van der Waals surface area (Å²) in [6.45, 7) is 8.42. The fourth-order valence-electron chi connectivity index (χ4n) is 1.71. The molecule has 0 amide bonds. The lowest BCUT2D eigenvalue weighted by molar-refractivity contribution is 0.0529. The molecule has 0 saturated carbocycles. The van der Waals surface area contributed by atoms with E-state index in [0.717, 1.165) is 13.0 Å². The van der Waals surface area contributed by atoms with E-state index in [2.05, 4.69) is 19.2 Å². The number of thiophene rings is 1. The van der Waals surface area contributed by atoms with Crippen LogP contribution in [0, 0.1) is 5.92 Å². The molecule has 1 heterocycles. The van der Waals surface area contributed by atoms with Gasteiger partial charge < -0.3 is 15.8 Å². The van der Waals surface area contributed by atoms with Gasteiger partial charge in [-0.1, -0.05) is 13.8 Å². The Kier molecular flexibility index (Phi) is 6.01. The van der Waals surface area contributed by atoms with Crippen LogP contribution in [0.1, 0.15) is 54.1 Å². The largest absolute Gasteiger partial charge is 0.462 e. The van der Waals surface area contributed by atoms with Crippen molar-refractivity contribution in [1.82, 2.24) is 0 Å². The lowest BCUT2D eigenvalue weighted by atomic mass is 10.1. The van der Waals surface area contributed by atoms with Crippen molar-refractivity contribution in [3.05, 3.63) is 10.4 Å². The fourth-order valence-corrected chi connectivity index (χ4v) is 2.74. The molecule has 0 unspecified atom stereocenters. The predicted octanol–water partition coefficient (Wildman–Crippen LogP) is 3.17. The van der Waals surface area contributed by atoms with Gasteiger partial charge in [-0.15, -0.1) is 11.3 Å². The maximum absolute atomic E-state index is 12.0. The van der Waals surface area contributed by atoms with Crippen LogP contribution in [0.5, 0.6) is 0 Å². The third-order valence-corrected chi connectivity index (χ3v) is 4.02. The monoisotopic (exact) mass is 298 g/mol. The summed E-state index contributed by atoms with van der Waals surface area (Å²) in [5.41, 5.74) is 6.42. The molecule has 1 aromatic heterocycles. The van der Waals surface area contributed by atoms with Crippen LogP contribution in [0.25, 0.3) is 0 Å².